The van der Waals surface area contributed by atoms with Gasteiger partial charge in [-0.25, -0.2) is 4.68 Å². The van der Waals surface area contributed by atoms with Crippen molar-refractivity contribution in [3.63, 3.8) is 0 Å². The molecule has 2 atom stereocenters. The molecule has 1 saturated heterocycles. The SMILES string of the molecule is Cc1nn(-c2ccccc2)c(C)c1NC(=O)CCN1C[C@@H]2CCC[C@@]2(C(=O)O)C1. The van der Waals surface area contributed by atoms with Crippen molar-refractivity contribution in [1.29, 1.82) is 0 Å². The van der Waals surface area contributed by atoms with Crippen molar-refractivity contribution in [2.24, 2.45) is 11.3 Å². The van der Waals surface area contributed by atoms with Crippen LogP contribution in [0.2, 0.25) is 0 Å². The molecule has 0 unspecified atom stereocenters. The molecule has 7 heteroatoms. The molecule has 1 saturated carbocycles. The molecule has 1 aliphatic carbocycles. The van der Waals surface area contributed by atoms with Gasteiger partial charge in [-0.15, -0.1) is 0 Å². The van der Waals surface area contributed by atoms with Gasteiger partial charge in [0.15, 0.2) is 0 Å². The molecule has 29 heavy (non-hydrogen) atoms. The molecule has 0 bridgehead atoms. The molecular formula is C22H28N4O3. The van der Waals surface area contributed by atoms with Crippen molar-refractivity contribution >= 4 is 17.6 Å². The molecule has 154 valence electrons. The van der Waals surface area contributed by atoms with Gasteiger partial charge >= 0.3 is 5.97 Å². The average molecular weight is 396 g/mol. The summed E-state index contributed by atoms with van der Waals surface area (Å²) in [4.78, 5) is 26.5. The second-order valence-corrected chi connectivity index (χ2v) is 8.38. The van der Waals surface area contributed by atoms with Crippen LogP contribution in [-0.2, 0) is 9.59 Å². The quantitative estimate of drug-likeness (QED) is 0.784. The number of anilines is 1. The van der Waals surface area contributed by atoms with Crippen LogP contribution in [-0.4, -0.2) is 51.3 Å². The average Bonchev–Trinajstić information content (AvgIpc) is 3.34. The van der Waals surface area contributed by atoms with Crippen LogP contribution < -0.4 is 5.32 Å². The van der Waals surface area contributed by atoms with E-state index in [1.807, 2.05) is 48.9 Å². The lowest BCUT2D eigenvalue weighted by molar-refractivity contribution is -0.149. The van der Waals surface area contributed by atoms with Gasteiger partial charge in [-0.1, -0.05) is 24.6 Å². The number of hydrogen-bond donors (Lipinski definition) is 2. The number of carbonyl (C=O) groups excluding carboxylic acids is 1. The van der Waals surface area contributed by atoms with Crippen LogP contribution >= 0.6 is 0 Å². The topological polar surface area (TPSA) is 87.5 Å². The van der Waals surface area contributed by atoms with Crippen LogP contribution in [0.3, 0.4) is 0 Å². The fourth-order valence-corrected chi connectivity index (χ4v) is 5.02. The third kappa shape index (κ3) is 3.55. The summed E-state index contributed by atoms with van der Waals surface area (Å²) in [5.74, 6) is -0.520. The minimum absolute atomic E-state index is 0.0646. The number of benzene rings is 1. The zero-order valence-electron chi connectivity index (χ0n) is 17.0. The van der Waals surface area contributed by atoms with E-state index >= 15 is 0 Å². The molecule has 7 nitrogen and oxygen atoms in total. The van der Waals surface area contributed by atoms with Crippen molar-refractivity contribution in [1.82, 2.24) is 14.7 Å². The molecule has 0 radical (unpaired) electrons. The summed E-state index contributed by atoms with van der Waals surface area (Å²) in [5, 5.41) is 17.3. The summed E-state index contributed by atoms with van der Waals surface area (Å²) in [7, 11) is 0. The minimum Gasteiger partial charge on any atom is -0.481 e. The van der Waals surface area contributed by atoms with Gasteiger partial charge in [-0.2, -0.15) is 5.10 Å². The maximum Gasteiger partial charge on any atom is 0.311 e. The lowest BCUT2D eigenvalue weighted by Gasteiger charge is -2.23. The van der Waals surface area contributed by atoms with Crippen molar-refractivity contribution in [3.05, 3.63) is 41.7 Å². The first-order valence-electron chi connectivity index (χ1n) is 10.3. The number of hydrogen-bond acceptors (Lipinski definition) is 4. The highest BCUT2D eigenvalue weighted by molar-refractivity contribution is 5.92. The summed E-state index contributed by atoms with van der Waals surface area (Å²) in [6.45, 7) is 5.76. The van der Waals surface area contributed by atoms with E-state index in [0.29, 0.717) is 19.5 Å². The number of carboxylic acid groups (broad SMARTS) is 1. The molecule has 1 aliphatic heterocycles. The fourth-order valence-electron chi connectivity index (χ4n) is 5.02. The Morgan fingerprint density at radius 3 is 2.72 bits per heavy atom. The maximum atomic E-state index is 12.6. The molecule has 1 aromatic carbocycles. The van der Waals surface area contributed by atoms with Crippen LogP contribution in [0.4, 0.5) is 5.69 Å². The second-order valence-electron chi connectivity index (χ2n) is 8.38. The van der Waals surface area contributed by atoms with Crippen molar-refractivity contribution < 1.29 is 14.7 Å². The zero-order chi connectivity index (χ0) is 20.6. The number of rotatable bonds is 6. The van der Waals surface area contributed by atoms with Gasteiger partial charge in [0.25, 0.3) is 0 Å². The number of aryl methyl sites for hydroxylation is 1. The summed E-state index contributed by atoms with van der Waals surface area (Å²) in [6, 6.07) is 9.83. The van der Waals surface area contributed by atoms with E-state index in [4.69, 9.17) is 0 Å². The third-order valence-electron chi connectivity index (χ3n) is 6.58. The number of amides is 1. The van der Waals surface area contributed by atoms with Gasteiger partial charge < -0.3 is 15.3 Å². The number of fused-ring (bicyclic) bond motifs is 1. The lowest BCUT2D eigenvalue weighted by atomic mass is 9.81. The van der Waals surface area contributed by atoms with Crippen molar-refractivity contribution in [3.8, 4) is 5.69 Å². The predicted molar refractivity (Wildman–Crippen MR) is 110 cm³/mol. The first-order chi connectivity index (χ1) is 13.9. The van der Waals surface area contributed by atoms with Gasteiger partial charge in [0, 0.05) is 26.1 Å². The molecule has 4 rings (SSSR count). The molecule has 2 heterocycles. The van der Waals surface area contributed by atoms with E-state index in [2.05, 4.69) is 15.3 Å². The van der Waals surface area contributed by atoms with Crippen LogP contribution in [0.25, 0.3) is 5.69 Å². The van der Waals surface area contributed by atoms with Gasteiger partial charge in [0.1, 0.15) is 0 Å². The van der Waals surface area contributed by atoms with E-state index in [1.165, 1.54) is 0 Å². The largest absolute Gasteiger partial charge is 0.481 e. The normalized spacial score (nSPS) is 23.9. The van der Waals surface area contributed by atoms with Gasteiger partial charge in [0.05, 0.1) is 28.2 Å². The number of aliphatic carboxylic acids is 1. The Labute approximate surface area is 170 Å². The molecule has 0 spiro atoms. The molecule has 1 amide bonds. The Morgan fingerprint density at radius 2 is 2.03 bits per heavy atom. The summed E-state index contributed by atoms with van der Waals surface area (Å²) < 4.78 is 1.84. The first kappa shape index (κ1) is 19.6. The predicted octanol–water partition coefficient (Wildman–Crippen LogP) is 3.00. The van der Waals surface area contributed by atoms with Crippen LogP contribution in [0.1, 0.15) is 37.1 Å². The van der Waals surface area contributed by atoms with Gasteiger partial charge in [-0.3, -0.25) is 9.59 Å². The van der Waals surface area contributed by atoms with E-state index in [0.717, 1.165) is 48.6 Å². The van der Waals surface area contributed by atoms with Gasteiger partial charge in [0.2, 0.25) is 5.91 Å². The molecular weight excluding hydrogens is 368 g/mol. The summed E-state index contributed by atoms with van der Waals surface area (Å²) >= 11 is 0. The Hall–Kier alpha value is -2.67. The van der Waals surface area contributed by atoms with E-state index < -0.39 is 11.4 Å². The van der Waals surface area contributed by atoms with Crippen molar-refractivity contribution in [2.45, 2.75) is 39.5 Å². The first-order valence-corrected chi connectivity index (χ1v) is 10.3. The Kier molecular flexibility index (Phi) is 5.17. The molecule has 2 fully saturated rings. The van der Waals surface area contributed by atoms with Crippen LogP contribution in [0.5, 0.6) is 0 Å². The molecule has 1 aromatic heterocycles. The molecule has 2 N–H and O–H groups in total. The molecule has 2 aliphatic rings. The van der Waals surface area contributed by atoms with E-state index in [1.54, 1.807) is 0 Å². The number of nitrogens with zero attached hydrogens (tertiary/aromatic N) is 3. The lowest BCUT2D eigenvalue weighted by Crippen LogP contribution is -2.36. The monoisotopic (exact) mass is 396 g/mol. The summed E-state index contributed by atoms with van der Waals surface area (Å²) in [5.41, 5.74) is 2.78. The number of aromatic nitrogens is 2. The Morgan fingerprint density at radius 1 is 1.28 bits per heavy atom. The second kappa shape index (κ2) is 7.63. The number of likely N-dealkylation sites (tertiary alicyclic amines) is 1. The van der Waals surface area contributed by atoms with Gasteiger partial charge in [-0.05, 0) is 44.7 Å². The Bertz CT molecular complexity index is 924. The highest BCUT2D eigenvalue weighted by Crippen LogP contribution is 2.48. The summed E-state index contributed by atoms with van der Waals surface area (Å²) in [6.07, 6.45) is 3.08. The number of para-hydroxylation sites is 1. The smallest absolute Gasteiger partial charge is 0.311 e. The number of nitrogens with one attached hydrogen (secondary N) is 1. The highest BCUT2D eigenvalue weighted by atomic mass is 16.4. The van der Waals surface area contributed by atoms with Crippen LogP contribution in [0.15, 0.2) is 30.3 Å². The zero-order valence-corrected chi connectivity index (χ0v) is 17.0. The van der Waals surface area contributed by atoms with Crippen LogP contribution in [0, 0.1) is 25.2 Å². The number of carboxylic acids is 1. The van der Waals surface area contributed by atoms with Crippen molar-refractivity contribution in [2.75, 3.05) is 25.0 Å². The molecule has 2 aromatic rings. The maximum absolute atomic E-state index is 12.6. The fraction of sp³-hybridized carbons (Fsp3) is 0.500. The third-order valence-corrected chi connectivity index (χ3v) is 6.58. The highest BCUT2D eigenvalue weighted by Gasteiger charge is 2.54. The van der Waals surface area contributed by atoms with E-state index in [9.17, 15) is 14.7 Å². The van der Waals surface area contributed by atoms with E-state index in [-0.39, 0.29) is 11.8 Å². The standard InChI is InChI=1S/C22H28N4O3/c1-15-20(16(2)26(24-15)18-8-4-3-5-9-18)23-19(27)10-12-25-13-17-7-6-11-22(17,14-25)21(28)29/h3-5,8-9,17H,6-7,10-14H2,1-2H3,(H,23,27)(H,28,29)/t17-,22+/m0/s1. The Balaban J connectivity index is 1.38. The minimum atomic E-state index is -0.675. The number of carbonyl (C=O) groups is 2.